The molecule has 0 atom stereocenters. The Morgan fingerprint density at radius 2 is 1.79 bits per heavy atom. The predicted molar refractivity (Wildman–Crippen MR) is 114 cm³/mol. The molecule has 0 radical (unpaired) electrons. The lowest BCUT2D eigenvalue weighted by atomic mass is 10.2. The maximum absolute atomic E-state index is 6.20. The minimum atomic E-state index is 0.392. The molecule has 0 aliphatic rings. The highest BCUT2D eigenvalue weighted by Crippen LogP contribution is 2.21. The molecule has 28 heavy (non-hydrogen) atoms. The van der Waals surface area contributed by atoms with Crippen LogP contribution in [0.25, 0.3) is 11.0 Å². The van der Waals surface area contributed by atoms with E-state index >= 15 is 0 Å². The van der Waals surface area contributed by atoms with E-state index in [2.05, 4.69) is 15.5 Å². The van der Waals surface area contributed by atoms with Crippen LogP contribution in [-0.2, 0) is 13.7 Å². The number of para-hydroxylation sites is 3. The Kier molecular flexibility index (Phi) is 5.26. The number of imidazole rings is 1. The van der Waals surface area contributed by atoms with Gasteiger partial charge in [0.2, 0.25) is 5.95 Å². The van der Waals surface area contributed by atoms with Crippen LogP contribution in [0.5, 0.6) is 5.75 Å². The zero-order valence-corrected chi connectivity index (χ0v) is 16.1. The van der Waals surface area contributed by atoms with Crippen LogP contribution in [0.15, 0.2) is 77.9 Å². The van der Waals surface area contributed by atoms with Gasteiger partial charge in [-0.2, -0.15) is 5.10 Å². The van der Waals surface area contributed by atoms with Crippen molar-refractivity contribution in [1.29, 1.82) is 0 Å². The molecule has 4 aromatic rings. The summed E-state index contributed by atoms with van der Waals surface area (Å²) < 4.78 is 7.92. The van der Waals surface area contributed by atoms with Crippen molar-refractivity contribution in [1.82, 2.24) is 9.55 Å². The van der Waals surface area contributed by atoms with E-state index in [0.717, 1.165) is 27.9 Å². The summed E-state index contributed by atoms with van der Waals surface area (Å²) in [6.45, 7) is 0.392. The molecule has 4 rings (SSSR count). The Balaban J connectivity index is 1.48. The number of benzene rings is 3. The first-order valence-electron chi connectivity index (χ1n) is 8.88. The van der Waals surface area contributed by atoms with Gasteiger partial charge < -0.3 is 9.30 Å². The second-order valence-corrected chi connectivity index (χ2v) is 6.68. The summed E-state index contributed by atoms with van der Waals surface area (Å²) in [5.74, 6) is 1.41. The van der Waals surface area contributed by atoms with Crippen LogP contribution in [0.3, 0.4) is 0 Å². The monoisotopic (exact) mass is 390 g/mol. The lowest BCUT2D eigenvalue weighted by Gasteiger charge is -2.10. The summed E-state index contributed by atoms with van der Waals surface area (Å²) in [4.78, 5) is 4.54. The number of hydrogen-bond donors (Lipinski definition) is 1. The summed E-state index contributed by atoms with van der Waals surface area (Å²) in [6.07, 6.45) is 1.72. The highest BCUT2D eigenvalue weighted by Gasteiger charge is 2.06. The number of anilines is 1. The van der Waals surface area contributed by atoms with Gasteiger partial charge in [0.25, 0.3) is 0 Å². The third kappa shape index (κ3) is 3.85. The maximum atomic E-state index is 6.20. The Morgan fingerprint density at radius 3 is 2.64 bits per heavy atom. The summed E-state index contributed by atoms with van der Waals surface area (Å²) in [5, 5.41) is 5.03. The molecule has 0 unspecified atom stereocenters. The first-order valence-corrected chi connectivity index (χ1v) is 9.26. The third-order valence-electron chi connectivity index (χ3n) is 4.42. The van der Waals surface area contributed by atoms with E-state index in [1.165, 1.54) is 0 Å². The van der Waals surface area contributed by atoms with Crippen molar-refractivity contribution in [2.24, 2.45) is 12.1 Å². The molecule has 140 valence electrons. The quantitative estimate of drug-likeness (QED) is 0.361. The van der Waals surface area contributed by atoms with Crippen molar-refractivity contribution in [3.63, 3.8) is 0 Å². The fourth-order valence-electron chi connectivity index (χ4n) is 2.89. The van der Waals surface area contributed by atoms with E-state index in [0.29, 0.717) is 17.6 Å². The molecule has 0 bridgehead atoms. The number of nitrogens with zero attached hydrogens (tertiary/aromatic N) is 3. The number of rotatable bonds is 6. The second-order valence-electron chi connectivity index (χ2n) is 6.27. The van der Waals surface area contributed by atoms with Crippen molar-refractivity contribution in [3.8, 4) is 5.75 Å². The number of nitrogens with one attached hydrogen (secondary N) is 1. The van der Waals surface area contributed by atoms with Crippen molar-refractivity contribution in [2.75, 3.05) is 5.43 Å². The van der Waals surface area contributed by atoms with E-state index in [-0.39, 0.29) is 0 Å². The van der Waals surface area contributed by atoms with Gasteiger partial charge >= 0.3 is 0 Å². The summed E-state index contributed by atoms with van der Waals surface area (Å²) in [7, 11) is 1.95. The smallest absolute Gasteiger partial charge is 0.224 e. The molecule has 0 saturated carbocycles. The highest BCUT2D eigenvalue weighted by atomic mass is 35.5. The molecule has 3 aromatic carbocycles. The summed E-state index contributed by atoms with van der Waals surface area (Å²) in [5.41, 5.74) is 6.77. The largest absolute Gasteiger partial charge is 0.488 e. The molecule has 0 fully saturated rings. The van der Waals surface area contributed by atoms with E-state index in [1.54, 1.807) is 6.21 Å². The van der Waals surface area contributed by atoms with Crippen LogP contribution >= 0.6 is 11.6 Å². The van der Waals surface area contributed by atoms with Gasteiger partial charge in [-0.25, -0.2) is 10.4 Å². The van der Waals surface area contributed by atoms with E-state index in [4.69, 9.17) is 16.3 Å². The Morgan fingerprint density at radius 1 is 1.04 bits per heavy atom. The average Bonchev–Trinajstić information content (AvgIpc) is 3.04. The molecule has 0 saturated heterocycles. The van der Waals surface area contributed by atoms with Crippen molar-refractivity contribution in [2.45, 2.75) is 6.61 Å². The van der Waals surface area contributed by atoms with E-state index in [1.807, 2.05) is 84.4 Å². The number of halogens is 1. The van der Waals surface area contributed by atoms with Gasteiger partial charge in [-0.3, -0.25) is 0 Å². The predicted octanol–water partition coefficient (Wildman–Crippen LogP) is 5.25. The molecule has 1 N–H and O–H groups in total. The van der Waals surface area contributed by atoms with Gasteiger partial charge in [0.15, 0.2) is 0 Å². The number of hydrogen-bond acceptors (Lipinski definition) is 4. The molecule has 0 aliphatic heterocycles. The SMILES string of the molecule is Cn1c(N/N=C\c2ccccc2OCc2ccccc2Cl)nc2ccccc21. The number of ether oxygens (including phenoxy) is 1. The van der Waals surface area contributed by atoms with Gasteiger partial charge in [0, 0.05) is 23.2 Å². The number of fused-ring (bicyclic) bond motifs is 1. The number of aryl methyl sites for hydroxylation is 1. The minimum Gasteiger partial charge on any atom is -0.488 e. The lowest BCUT2D eigenvalue weighted by molar-refractivity contribution is 0.306. The number of hydrazone groups is 1. The van der Waals surface area contributed by atoms with Gasteiger partial charge in [-0.05, 0) is 30.3 Å². The maximum Gasteiger partial charge on any atom is 0.224 e. The molecular weight excluding hydrogens is 372 g/mol. The number of aromatic nitrogens is 2. The summed E-state index contributed by atoms with van der Waals surface area (Å²) in [6, 6.07) is 23.3. The van der Waals surface area contributed by atoms with Crippen molar-refractivity contribution in [3.05, 3.63) is 88.9 Å². The molecule has 1 aromatic heterocycles. The van der Waals surface area contributed by atoms with Crippen LogP contribution in [0.2, 0.25) is 5.02 Å². The fraction of sp³-hybridized carbons (Fsp3) is 0.0909. The van der Waals surface area contributed by atoms with Gasteiger partial charge in [0.1, 0.15) is 12.4 Å². The fourth-order valence-corrected chi connectivity index (χ4v) is 3.08. The van der Waals surface area contributed by atoms with Gasteiger partial charge in [0.05, 0.1) is 17.2 Å². The zero-order chi connectivity index (χ0) is 19.3. The van der Waals surface area contributed by atoms with Gasteiger partial charge in [-0.1, -0.05) is 54.1 Å². The van der Waals surface area contributed by atoms with Crippen LogP contribution in [0.4, 0.5) is 5.95 Å². The molecule has 1 heterocycles. The Bertz CT molecular complexity index is 1140. The molecule has 6 heteroatoms. The van der Waals surface area contributed by atoms with Crippen LogP contribution in [-0.4, -0.2) is 15.8 Å². The molecule has 0 amide bonds. The third-order valence-corrected chi connectivity index (χ3v) is 4.78. The topological polar surface area (TPSA) is 51.4 Å². The highest BCUT2D eigenvalue weighted by molar-refractivity contribution is 6.31. The van der Waals surface area contributed by atoms with Crippen LogP contribution in [0, 0.1) is 0 Å². The minimum absolute atomic E-state index is 0.392. The Labute approximate surface area is 168 Å². The first-order chi connectivity index (χ1) is 13.7. The second kappa shape index (κ2) is 8.15. The normalized spacial score (nSPS) is 11.2. The lowest BCUT2D eigenvalue weighted by Crippen LogP contribution is -2.01. The van der Waals surface area contributed by atoms with Crippen molar-refractivity contribution < 1.29 is 4.74 Å². The average molecular weight is 391 g/mol. The Hall–Kier alpha value is -3.31. The first kappa shape index (κ1) is 18.1. The van der Waals surface area contributed by atoms with E-state index in [9.17, 15) is 0 Å². The molecule has 5 nitrogen and oxygen atoms in total. The standard InChI is InChI=1S/C22H19ClN4O/c1-27-20-12-6-5-11-19(20)25-22(27)26-24-14-16-8-3-7-13-21(16)28-15-17-9-2-4-10-18(17)23/h2-14H,15H2,1H3,(H,25,26)/b24-14-. The van der Waals surface area contributed by atoms with Crippen LogP contribution < -0.4 is 10.2 Å². The van der Waals surface area contributed by atoms with E-state index < -0.39 is 0 Å². The molecular formula is C22H19ClN4O. The van der Waals surface area contributed by atoms with Gasteiger partial charge in [-0.15, -0.1) is 0 Å². The van der Waals surface area contributed by atoms with Crippen LogP contribution in [0.1, 0.15) is 11.1 Å². The zero-order valence-electron chi connectivity index (χ0n) is 15.3. The van der Waals surface area contributed by atoms with Crippen molar-refractivity contribution >= 4 is 34.8 Å². The molecule has 0 aliphatic carbocycles. The summed E-state index contributed by atoms with van der Waals surface area (Å²) >= 11 is 6.20. The molecule has 0 spiro atoms.